The van der Waals surface area contributed by atoms with Gasteiger partial charge in [-0.25, -0.2) is 0 Å². The normalized spacial score (nSPS) is 27.6. The van der Waals surface area contributed by atoms with Crippen LogP contribution in [-0.2, 0) is 20.8 Å². The molecular formula is C25H26N2O9. The fraction of sp³-hybridized carbons (Fsp3) is 0.400. The van der Waals surface area contributed by atoms with Gasteiger partial charge in [0.05, 0.1) is 17.2 Å². The lowest BCUT2D eigenvalue weighted by molar-refractivity contribution is -0.153. The largest absolute Gasteiger partial charge is 0.508 e. The van der Waals surface area contributed by atoms with Crippen molar-refractivity contribution in [2.24, 2.45) is 17.6 Å². The van der Waals surface area contributed by atoms with E-state index in [1.165, 1.54) is 32.0 Å². The summed E-state index contributed by atoms with van der Waals surface area (Å²) in [4.78, 5) is 64.8. The Morgan fingerprint density at radius 1 is 1.06 bits per heavy atom. The van der Waals surface area contributed by atoms with Crippen LogP contribution < -0.4 is 5.73 Å². The Labute approximate surface area is 205 Å². The number of amides is 1. The van der Waals surface area contributed by atoms with Crippen molar-refractivity contribution in [2.75, 3.05) is 14.1 Å². The van der Waals surface area contributed by atoms with E-state index in [0.29, 0.717) is 0 Å². The van der Waals surface area contributed by atoms with Crippen LogP contribution in [0, 0.1) is 11.8 Å². The Hall–Kier alpha value is -3.83. The summed E-state index contributed by atoms with van der Waals surface area (Å²) in [6, 6.07) is 0.0293. The standard InChI is InChI=1S/C25H26N2O9/c1-8(28)11-7-12(9(2)29)19(30)16-13(11)5-10-6-14-18(27(3)4)21(32)17(24(26)35)23(34)25(14,36)22(33)15(10)20(16)31/h7,10,14,18,30-31,34,36H,5-6H2,1-4H3,(H2,26,35)/t10-,14-,18-,25-/m1/s1. The Kier molecular flexibility index (Phi) is 5.69. The summed E-state index contributed by atoms with van der Waals surface area (Å²) in [6.45, 7) is 2.42. The molecule has 190 valence electrons. The number of carbonyl (C=O) groups excluding carboxylic acids is 5. The fourth-order valence-corrected chi connectivity index (χ4v) is 5.89. The lowest BCUT2D eigenvalue weighted by Crippen LogP contribution is -2.65. The van der Waals surface area contributed by atoms with Crippen LogP contribution in [0.3, 0.4) is 0 Å². The smallest absolute Gasteiger partial charge is 0.255 e. The average molecular weight is 498 g/mol. The molecule has 0 spiro atoms. The van der Waals surface area contributed by atoms with Crippen LogP contribution in [0.25, 0.3) is 5.76 Å². The Morgan fingerprint density at radius 2 is 1.64 bits per heavy atom. The van der Waals surface area contributed by atoms with E-state index in [-0.39, 0.29) is 40.7 Å². The molecule has 0 aromatic heterocycles. The first kappa shape index (κ1) is 25.3. The lowest BCUT2D eigenvalue weighted by atomic mass is 9.57. The molecular weight excluding hydrogens is 472 g/mol. The summed E-state index contributed by atoms with van der Waals surface area (Å²) in [5.41, 5.74) is 1.04. The van der Waals surface area contributed by atoms with Crippen LogP contribution in [0.15, 0.2) is 23.0 Å². The maximum Gasteiger partial charge on any atom is 0.255 e. The number of likely N-dealkylation sites (N-methyl/N-ethyl adjacent to an activating group) is 1. The molecule has 0 saturated heterocycles. The van der Waals surface area contributed by atoms with Gasteiger partial charge in [0.2, 0.25) is 5.78 Å². The van der Waals surface area contributed by atoms with Gasteiger partial charge < -0.3 is 26.2 Å². The van der Waals surface area contributed by atoms with E-state index in [1.54, 1.807) is 0 Å². The Morgan fingerprint density at radius 3 is 2.14 bits per heavy atom. The number of hydrogen-bond acceptors (Lipinski definition) is 10. The molecule has 4 rings (SSSR count). The number of aliphatic hydroxyl groups excluding tert-OH is 2. The van der Waals surface area contributed by atoms with Gasteiger partial charge in [-0.1, -0.05) is 0 Å². The zero-order valence-electron chi connectivity index (χ0n) is 20.1. The van der Waals surface area contributed by atoms with Gasteiger partial charge in [0, 0.05) is 17.1 Å². The minimum atomic E-state index is -2.76. The number of hydrogen-bond donors (Lipinski definition) is 5. The number of carbonyl (C=O) groups is 5. The average Bonchev–Trinajstić information content (AvgIpc) is 2.75. The molecule has 1 amide bonds. The van der Waals surface area contributed by atoms with Gasteiger partial charge >= 0.3 is 0 Å². The number of Topliss-reactive ketones (excluding diaryl/α,β-unsaturated/α-hetero) is 4. The first-order valence-corrected chi connectivity index (χ1v) is 11.2. The number of nitrogens with zero attached hydrogens (tertiary/aromatic N) is 1. The predicted molar refractivity (Wildman–Crippen MR) is 124 cm³/mol. The first-order chi connectivity index (χ1) is 16.7. The summed E-state index contributed by atoms with van der Waals surface area (Å²) < 4.78 is 0. The molecule has 0 radical (unpaired) electrons. The third-order valence-electron chi connectivity index (χ3n) is 7.48. The van der Waals surface area contributed by atoms with E-state index in [4.69, 9.17) is 5.73 Å². The zero-order valence-corrected chi connectivity index (χ0v) is 20.1. The molecule has 1 aromatic rings. The van der Waals surface area contributed by atoms with Crippen LogP contribution in [0.2, 0.25) is 0 Å². The summed E-state index contributed by atoms with van der Waals surface area (Å²) in [6.07, 6.45) is -0.131. The highest BCUT2D eigenvalue weighted by Gasteiger charge is 2.64. The van der Waals surface area contributed by atoms with Crippen molar-refractivity contribution in [2.45, 2.75) is 38.3 Å². The van der Waals surface area contributed by atoms with Crippen molar-refractivity contribution in [1.82, 2.24) is 4.90 Å². The van der Waals surface area contributed by atoms with Crippen LogP contribution >= 0.6 is 0 Å². The molecule has 6 N–H and O–H groups in total. The number of benzene rings is 1. The van der Waals surface area contributed by atoms with E-state index in [0.717, 1.165) is 6.92 Å². The molecule has 0 heterocycles. The lowest BCUT2D eigenvalue weighted by Gasteiger charge is -2.50. The third-order valence-corrected chi connectivity index (χ3v) is 7.48. The van der Waals surface area contributed by atoms with E-state index >= 15 is 0 Å². The molecule has 3 aliphatic rings. The van der Waals surface area contributed by atoms with Gasteiger partial charge in [-0.2, -0.15) is 0 Å². The highest BCUT2D eigenvalue weighted by Crippen LogP contribution is 2.53. The SMILES string of the molecule is CC(=O)c1cc(C(C)=O)c2c(c1O)C(O)=C1C(=O)[C@@]3(O)C(O)=C(C(N)=O)C(=O)[C@H](N(C)C)[C@H]3C[C@H]1C2. The number of aromatic hydroxyl groups is 1. The van der Waals surface area contributed by atoms with E-state index in [1.807, 2.05) is 0 Å². The van der Waals surface area contributed by atoms with E-state index in [9.17, 15) is 44.4 Å². The number of rotatable bonds is 4. The topological polar surface area (TPSA) is 196 Å². The van der Waals surface area contributed by atoms with Crippen molar-refractivity contribution in [3.05, 3.63) is 45.2 Å². The van der Waals surface area contributed by atoms with Crippen molar-refractivity contribution < 1.29 is 44.4 Å². The van der Waals surface area contributed by atoms with Gasteiger partial charge in [-0.3, -0.25) is 28.9 Å². The maximum absolute atomic E-state index is 13.8. The number of phenols is 1. The van der Waals surface area contributed by atoms with Crippen LogP contribution in [0.1, 0.15) is 52.1 Å². The summed E-state index contributed by atoms with van der Waals surface area (Å²) in [7, 11) is 3.01. The molecule has 0 unspecified atom stereocenters. The van der Waals surface area contributed by atoms with Gasteiger partial charge in [-0.15, -0.1) is 0 Å². The third kappa shape index (κ3) is 3.16. The Bertz CT molecular complexity index is 1350. The maximum atomic E-state index is 13.8. The highest BCUT2D eigenvalue weighted by molar-refractivity contribution is 6.24. The molecule has 11 heteroatoms. The van der Waals surface area contributed by atoms with Crippen molar-refractivity contribution >= 4 is 34.8 Å². The second-order valence-electron chi connectivity index (χ2n) is 9.75. The minimum absolute atomic E-state index is 0.0325. The van der Waals surface area contributed by atoms with Gasteiger partial charge in [0.15, 0.2) is 23.0 Å². The second kappa shape index (κ2) is 8.10. The molecule has 36 heavy (non-hydrogen) atoms. The summed E-state index contributed by atoms with van der Waals surface area (Å²) >= 11 is 0. The minimum Gasteiger partial charge on any atom is -0.508 e. The monoisotopic (exact) mass is 498 g/mol. The molecule has 3 aliphatic carbocycles. The van der Waals surface area contributed by atoms with Gasteiger partial charge in [0.1, 0.15) is 22.8 Å². The molecule has 0 bridgehead atoms. The number of ketones is 4. The van der Waals surface area contributed by atoms with E-state index in [2.05, 4.69) is 0 Å². The molecule has 1 saturated carbocycles. The van der Waals surface area contributed by atoms with Crippen LogP contribution in [-0.4, -0.2) is 80.1 Å². The summed E-state index contributed by atoms with van der Waals surface area (Å²) in [5, 5.41) is 44.4. The number of fused-ring (bicyclic) bond motifs is 3. The number of nitrogens with two attached hydrogens (primary N) is 1. The van der Waals surface area contributed by atoms with Crippen molar-refractivity contribution in [1.29, 1.82) is 0 Å². The highest BCUT2D eigenvalue weighted by atomic mass is 16.3. The molecule has 11 nitrogen and oxygen atoms in total. The van der Waals surface area contributed by atoms with Crippen LogP contribution in [0.5, 0.6) is 5.75 Å². The van der Waals surface area contributed by atoms with Gasteiger partial charge in [0.25, 0.3) is 5.91 Å². The quantitative estimate of drug-likeness (QED) is 0.286. The predicted octanol–water partition coefficient (Wildman–Crippen LogP) is 0.369. The van der Waals surface area contributed by atoms with E-state index < -0.39 is 75.4 Å². The Balaban J connectivity index is 2.04. The number of aliphatic hydroxyl groups is 3. The fourth-order valence-electron chi connectivity index (χ4n) is 5.89. The first-order valence-electron chi connectivity index (χ1n) is 11.2. The molecule has 1 fully saturated rings. The zero-order chi connectivity index (χ0) is 27.0. The molecule has 4 atom stereocenters. The summed E-state index contributed by atoms with van der Waals surface area (Å²) in [5.74, 6) is -8.97. The van der Waals surface area contributed by atoms with Crippen molar-refractivity contribution in [3.8, 4) is 5.75 Å². The second-order valence-corrected chi connectivity index (χ2v) is 9.75. The molecule has 1 aromatic carbocycles. The molecule has 0 aliphatic heterocycles. The van der Waals surface area contributed by atoms with Crippen LogP contribution in [0.4, 0.5) is 0 Å². The van der Waals surface area contributed by atoms with Crippen molar-refractivity contribution in [3.63, 3.8) is 0 Å². The number of phenolic OH excluding ortho intramolecular Hbond substituents is 1. The number of primary amides is 1. The van der Waals surface area contributed by atoms with Gasteiger partial charge in [-0.05, 0) is 58.3 Å².